The number of rotatable bonds is 5. The number of benzene rings is 1. The average molecular weight is 380 g/mol. The standard InChI is InChI=1S/C22H28N4O2/c1-15-9-16(2)11-18(10-15)22(28)24-19-5-7-25(8-6-19)20-12-21(27)26(23-13-20)14-17-3-4-17/h9-13,17,19H,3-8,14H2,1-2H3,(H,24,28). The minimum Gasteiger partial charge on any atom is -0.370 e. The summed E-state index contributed by atoms with van der Waals surface area (Å²) in [4.78, 5) is 27.0. The Hall–Kier alpha value is -2.63. The van der Waals surface area contributed by atoms with E-state index in [1.807, 2.05) is 26.0 Å². The molecule has 1 saturated heterocycles. The topological polar surface area (TPSA) is 67.2 Å². The summed E-state index contributed by atoms with van der Waals surface area (Å²) < 4.78 is 1.58. The highest BCUT2D eigenvalue weighted by molar-refractivity contribution is 5.94. The fraction of sp³-hybridized carbons (Fsp3) is 0.500. The Bertz CT molecular complexity index is 904. The van der Waals surface area contributed by atoms with Gasteiger partial charge in [-0.3, -0.25) is 9.59 Å². The van der Waals surface area contributed by atoms with Crippen LogP contribution in [0.2, 0.25) is 0 Å². The van der Waals surface area contributed by atoms with Gasteiger partial charge in [0.15, 0.2) is 0 Å². The molecule has 148 valence electrons. The van der Waals surface area contributed by atoms with E-state index in [0.29, 0.717) is 5.92 Å². The summed E-state index contributed by atoms with van der Waals surface area (Å²) in [7, 11) is 0. The highest BCUT2D eigenvalue weighted by Crippen LogP contribution is 2.29. The van der Waals surface area contributed by atoms with Gasteiger partial charge in [0.1, 0.15) is 0 Å². The lowest BCUT2D eigenvalue weighted by atomic mass is 10.0. The van der Waals surface area contributed by atoms with Crippen LogP contribution >= 0.6 is 0 Å². The highest BCUT2D eigenvalue weighted by atomic mass is 16.1. The van der Waals surface area contributed by atoms with E-state index in [0.717, 1.165) is 54.9 Å². The molecule has 0 bridgehead atoms. The Balaban J connectivity index is 1.33. The molecule has 6 nitrogen and oxygen atoms in total. The zero-order chi connectivity index (χ0) is 19.7. The maximum absolute atomic E-state index is 12.6. The van der Waals surface area contributed by atoms with E-state index >= 15 is 0 Å². The molecule has 1 amide bonds. The van der Waals surface area contributed by atoms with Gasteiger partial charge in [-0.15, -0.1) is 0 Å². The van der Waals surface area contributed by atoms with Crippen molar-refractivity contribution < 1.29 is 4.79 Å². The molecule has 2 aliphatic rings. The zero-order valence-electron chi connectivity index (χ0n) is 16.6. The first-order valence-electron chi connectivity index (χ1n) is 10.2. The van der Waals surface area contributed by atoms with Crippen LogP contribution in [-0.4, -0.2) is 34.8 Å². The molecule has 0 atom stereocenters. The maximum Gasteiger partial charge on any atom is 0.268 e. The number of carbonyl (C=O) groups excluding carboxylic acids is 1. The first-order valence-corrected chi connectivity index (χ1v) is 10.2. The zero-order valence-corrected chi connectivity index (χ0v) is 16.6. The van der Waals surface area contributed by atoms with Gasteiger partial charge in [0, 0.05) is 37.3 Å². The van der Waals surface area contributed by atoms with E-state index in [1.54, 1.807) is 16.9 Å². The number of aromatic nitrogens is 2. The molecule has 1 aromatic carbocycles. The van der Waals surface area contributed by atoms with Crippen LogP contribution in [0, 0.1) is 19.8 Å². The first-order chi connectivity index (χ1) is 13.5. The smallest absolute Gasteiger partial charge is 0.268 e. The lowest BCUT2D eigenvalue weighted by Gasteiger charge is -2.33. The van der Waals surface area contributed by atoms with Crippen LogP contribution in [0.3, 0.4) is 0 Å². The third kappa shape index (κ3) is 4.43. The van der Waals surface area contributed by atoms with Crippen molar-refractivity contribution >= 4 is 11.6 Å². The quantitative estimate of drug-likeness (QED) is 0.866. The molecule has 2 aromatic rings. The van der Waals surface area contributed by atoms with Gasteiger partial charge in [0.25, 0.3) is 11.5 Å². The van der Waals surface area contributed by atoms with Crippen LogP contribution in [0.4, 0.5) is 5.69 Å². The lowest BCUT2D eigenvalue weighted by Crippen LogP contribution is -2.45. The van der Waals surface area contributed by atoms with Crippen LogP contribution in [-0.2, 0) is 6.54 Å². The molecule has 6 heteroatoms. The summed E-state index contributed by atoms with van der Waals surface area (Å²) in [5.74, 6) is 0.627. The fourth-order valence-electron chi connectivity index (χ4n) is 3.94. The van der Waals surface area contributed by atoms with Crippen molar-refractivity contribution in [2.75, 3.05) is 18.0 Å². The van der Waals surface area contributed by atoms with Gasteiger partial charge in [-0.05, 0) is 57.6 Å². The van der Waals surface area contributed by atoms with Crippen molar-refractivity contribution in [3.05, 3.63) is 57.5 Å². The number of nitrogens with one attached hydrogen (secondary N) is 1. The van der Waals surface area contributed by atoms with Crippen LogP contribution in [0.1, 0.15) is 47.2 Å². The Morgan fingerprint density at radius 2 is 1.75 bits per heavy atom. The summed E-state index contributed by atoms with van der Waals surface area (Å²) in [6.07, 6.45) is 5.94. The number of hydrogen-bond acceptors (Lipinski definition) is 4. The fourth-order valence-corrected chi connectivity index (χ4v) is 3.94. The van der Waals surface area contributed by atoms with E-state index in [9.17, 15) is 9.59 Å². The lowest BCUT2D eigenvalue weighted by molar-refractivity contribution is 0.0931. The minimum atomic E-state index is -0.0188. The average Bonchev–Trinajstić information content (AvgIpc) is 3.47. The predicted molar refractivity (Wildman–Crippen MR) is 110 cm³/mol. The summed E-state index contributed by atoms with van der Waals surface area (Å²) >= 11 is 0. The highest BCUT2D eigenvalue weighted by Gasteiger charge is 2.24. The van der Waals surface area contributed by atoms with Crippen LogP contribution in [0.25, 0.3) is 0 Å². The number of anilines is 1. The molecule has 28 heavy (non-hydrogen) atoms. The van der Waals surface area contributed by atoms with Gasteiger partial charge in [-0.1, -0.05) is 17.2 Å². The first kappa shape index (κ1) is 18.7. The molecule has 1 aromatic heterocycles. The molecular weight excluding hydrogens is 352 g/mol. The molecule has 1 aliphatic carbocycles. The van der Waals surface area contributed by atoms with Gasteiger partial charge in [0.05, 0.1) is 11.9 Å². The number of aryl methyl sites for hydroxylation is 2. The summed E-state index contributed by atoms with van der Waals surface area (Å²) in [5.41, 5.74) is 3.79. The van der Waals surface area contributed by atoms with Crippen LogP contribution in [0.15, 0.2) is 35.3 Å². The second kappa shape index (κ2) is 7.78. The van der Waals surface area contributed by atoms with Gasteiger partial charge < -0.3 is 10.2 Å². The number of carbonyl (C=O) groups is 1. The molecule has 4 rings (SSSR count). The van der Waals surface area contributed by atoms with E-state index in [2.05, 4.69) is 21.4 Å². The van der Waals surface area contributed by atoms with Crippen molar-refractivity contribution in [2.24, 2.45) is 5.92 Å². The van der Waals surface area contributed by atoms with Crippen LogP contribution < -0.4 is 15.8 Å². The van der Waals surface area contributed by atoms with E-state index in [1.165, 1.54) is 12.8 Å². The third-order valence-electron chi connectivity index (χ3n) is 5.66. The number of amides is 1. The van der Waals surface area contributed by atoms with Crippen molar-refractivity contribution in [3.8, 4) is 0 Å². The second-order valence-corrected chi connectivity index (χ2v) is 8.29. The molecule has 0 radical (unpaired) electrons. The molecule has 0 unspecified atom stereocenters. The maximum atomic E-state index is 12.6. The number of piperidine rings is 1. The Kier molecular flexibility index (Phi) is 5.20. The normalized spacial score (nSPS) is 17.6. The third-order valence-corrected chi connectivity index (χ3v) is 5.66. The SMILES string of the molecule is Cc1cc(C)cc(C(=O)NC2CCN(c3cnn(CC4CC4)c(=O)c3)CC2)c1. The van der Waals surface area contributed by atoms with Gasteiger partial charge >= 0.3 is 0 Å². The van der Waals surface area contributed by atoms with Crippen LogP contribution in [0.5, 0.6) is 0 Å². The Morgan fingerprint density at radius 3 is 2.36 bits per heavy atom. The molecule has 1 saturated carbocycles. The molecule has 1 N–H and O–H groups in total. The molecule has 0 spiro atoms. The summed E-state index contributed by atoms with van der Waals surface area (Å²) in [6, 6.07) is 7.79. The number of nitrogens with zero attached hydrogens (tertiary/aromatic N) is 3. The van der Waals surface area contributed by atoms with Crippen molar-refractivity contribution in [3.63, 3.8) is 0 Å². The molecular formula is C22H28N4O2. The number of hydrogen-bond donors (Lipinski definition) is 1. The van der Waals surface area contributed by atoms with Gasteiger partial charge in [0.2, 0.25) is 0 Å². The van der Waals surface area contributed by atoms with E-state index in [-0.39, 0.29) is 17.5 Å². The Labute approximate surface area is 165 Å². The van der Waals surface area contributed by atoms with Crippen molar-refractivity contribution in [2.45, 2.75) is 52.1 Å². The summed E-state index contributed by atoms with van der Waals surface area (Å²) in [5, 5.41) is 7.51. The Morgan fingerprint density at radius 1 is 1.07 bits per heavy atom. The van der Waals surface area contributed by atoms with Gasteiger partial charge in [-0.25, -0.2) is 4.68 Å². The minimum absolute atomic E-state index is 0.00501. The molecule has 1 aliphatic heterocycles. The van der Waals surface area contributed by atoms with E-state index in [4.69, 9.17) is 0 Å². The van der Waals surface area contributed by atoms with Crippen molar-refractivity contribution in [1.29, 1.82) is 0 Å². The summed E-state index contributed by atoms with van der Waals surface area (Å²) in [6.45, 7) is 6.38. The predicted octanol–water partition coefficient (Wildman–Crippen LogP) is 2.67. The second-order valence-electron chi connectivity index (χ2n) is 8.29. The van der Waals surface area contributed by atoms with Gasteiger partial charge in [-0.2, -0.15) is 5.10 Å². The van der Waals surface area contributed by atoms with Crippen molar-refractivity contribution in [1.82, 2.24) is 15.1 Å². The van der Waals surface area contributed by atoms with E-state index < -0.39 is 0 Å². The monoisotopic (exact) mass is 380 g/mol. The molecule has 2 heterocycles. The molecule has 2 fully saturated rings. The largest absolute Gasteiger partial charge is 0.370 e.